The average molecular weight is 765 g/mol. The lowest BCUT2D eigenvalue weighted by Crippen LogP contribution is -2.49. The van der Waals surface area contributed by atoms with Gasteiger partial charge in [0.05, 0.1) is 29.5 Å². The fraction of sp³-hybridized carbons (Fsp3) is 0.474. The molecule has 1 N–H and O–H groups in total. The largest absolute Gasteiger partial charge is 0.490 e. The molecule has 2 aliphatic heterocycles. The summed E-state index contributed by atoms with van der Waals surface area (Å²) in [6, 6.07) is 11.7. The van der Waals surface area contributed by atoms with Crippen LogP contribution < -0.4 is 14.4 Å². The molecule has 2 aliphatic carbocycles. The molecule has 1 saturated carbocycles. The van der Waals surface area contributed by atoms with Gasteiger partial charge < -0.3 is 14.4 Å². The number of fused-ring (bicyclic) bond motifs is 5. The summed E-state index contributed by atoms with van der Waals surface area (Å²) in [5.41, 5.74) is 3.82. The van der Waals surface area contributed by atoms with Gasteiger partial charge in [-0.2, -0.15) is 15.1 Å². The molecule has 1 amide bonds. The summed E-state index contributed by atoms with van der Waals surface area (Å²) in [7, 11) is 0.104. The summed E-state index contributed by atoms with van der Waals surface area (Å²) in [6.07, 6.45) is 11.7. The van der Waals surface area contributed by atoms with Gasteiger partial charge >= 0.3 is 0 Å². The number of hydrogen-bond donors (Lipinski definition) is 1. The molecule has 6 atom stereocenters. The van der Waals surface area contributed by atoms with Gasteiger partial charge in [-0.05, 0) is 109 Å². The monoisotopic (exact) mass is 763 g/mol. The van der Waals surface area contributed by atoms with E-state index in [1.165, 1.54) is 11.1 Å². The Morgan fingerprint density at radius 3 is 2.81 bits per heavy atom. The van der Waals surface area contributed by atoms with Crippen molar-refractivity contribution in [2.75, 3.05) is 42.2 Å². The number of halogens is 2. The summed E-state index contributed by atoms with van der Waals surface area (Å²) >= 11 is 12.7. The van der Waals surface area contributed by atoms with E-state index in [-0.39, 0.29) is 34.3 Å². The Hall–Kier alpha value is -3.71. The van der Waals surface area contributed by atoms with E-state index in [0.717, 1.165) is 61.7 Å². The summed E-state index contributed by atoms with van der Waals surface area (Å²) in [5.74, 6) is 1.07. The van der Waals surface area contributed by atoms with Gasteiger partial charge in [0.2, 0.25) is 5.28 Å². The molecule has 14 heteroatoms. The van der Waals surface area contributed by atoms with Crippen molar-refractivity contribution in [1.82, 2.24) is 19.7 Å². The highest BCUT2D eigenvalue weighted by Crippen LogP contribution is 2.47. The lowest BCUT2D eigenvalue weighted by atomic mass is 9.68. The number of methoxy groups -OCH3 is 1. The van der Waals surface area contributed by atoms with Gasteiger partial charge in [-0.3, -0.25) is 14.2 Å². The van der Waals surface area contributed by atoms with Crippen molar-refractivity contribution in [2.45, 2.75) is 57.0 Å². The van der Waals surface area contributed by atoms with E-state index in [1.807, 2.05) is 25.1 Å². The topological polar surface area (TPSA) is 124 Å². The zero-order valence-electron chi connectivity index (χ0n) is 29.6. The van der Waals surface area contributed by atoms with Crippen molar-refractivity contribution in [3.05, 3.63) is 81.7 Å². The van der Waals surface area contributed by atoms with E-state index in [4.69, 9.17) is 32.7 Å². The maximum absolute atomic E-state index is 14.9. The van der Waals surface area contributed by atoms with Crippen LogP contribution in [-0.2, 0) is 33.5 Å². The van der Waals surface area contributed by atoms with Crippen molar-refractivity contribution in [2.24, 2.45) is 29.2 Å². The van der Waals surface area contributed by atoms with Crippen LogP contribution in [-0.4, -0.2) is 68.5 Å². The lowest BCUT2D eigenvalue weighted by molar-refractivity contribution is 0.0131. The third-order valence-electron chi connectivity index (χ3n) is 11.2. The van der Waals surface area contributed by atoms with Crippen molar-refractivity contribution >= 4 is 61.6 Å². The first-order valence-electron chi connectivity index (χ1n) is 18.0. The number of rotatable bonds is 3. The number of hydrogen-bond acceptors (Lipinski definition) is 8. The number of nitrogens with zero attached hydrogens (tertiary/aromatic N) is 6. The number of anilines is 2. The predicted octanol–water partition coefficient (Wildman–Crippen LogP) is 7.42. The third-order valence-corrected chi connectivity index (χ3v) is 13.6. The molecular weight excluding hydrogens is 721 g/mol. The standard InChI is InChI=1S/C38H43Cl2N7O4S/c1-23-6-4-8-32(50-3)28-12-9-26(28)18-47-21-38(15-5-7-24-16-27(39)11-13-30(24)38)22-51-33-14-10-25(17-31(33)47)36(48)45-52(49,20-23)44-35-29-19-46(2)43-34(29)41-37(40)42-35/h4,8,10-11,13-14,16-17,19,23,26,28,32H,5-7,9,12,15,18,20-22H2,1-3H3,(H,41,42,43,44,45,48,49)/b8-4-/t23-,26-,28+,32-,38-,52?/m0/s1. The van der Waals surface area contributed by atoms with Gasteiger partial charge in [0.15, 0.2) is 11.5 Å². The molecule has 4 aliphatic rings. The zero-order valence-corrected chi connectivity index (χ0v) is 31.9. The Morgan fingerprint density at radius 1 is 1.13 bits per heavy atom. The first-order valence-corrected chi connectivity index (χ1v) is 20.4. The maximum atomic E-state index is 14.9. The van der Waals surface area contributed by atoms with E-state index >= 15 is 0 Å². The molecular formula is C38H43Cl2N7O4S. The van der Waals surface area contributed by atoms with E-state index < -0.39 is 15.8 Å². The highest BCUT2D eigenvalue weighted by Gasteiger charge is 2.44. The van der Waals surface area contributed by atoms with Gasteiger partial charge in [-0.15, -0.1) is 4.36 Å². The van der Waals surface area contributed by atoms with E-state index in [9.17, 15) is 9.00 Å². The van der Waals surface area contributed by atoms with Gasteiger partial charge in [-0.1, -0.05) is 36.7 Å². The molecule has 4 heterocycles. The molecule has 4 aromatic rings. The second-order valence-electron chi connectivity index (χ2n) is 14.9. The van der Waals surface area contributed by atoms with Crippen LogP contribution >= 0.6 is 23.2 Å². The van der Waals surface area contributed by atoms with E-state index in [2.05, 4.69) is 53.3 Å². The SMILES string of the molecule is CO[C@H]1/C=C\C[C@H](C)CS(=O)(Nc2nc(Cl)nc3nn(C)cc23)=NC(=O)c2ccc3c(c2)N(C[C@@H]2CC[C@H]21)C[C@@]1(CCCc2cc(Cl)ccc21)CO3. The number of benzene rings is 2. The molecule has 274 valence electrons. The molecule has 11 nitrogen and oxygen atoms in total. The van der Waals surface area contributed by atoms with Gasteiger partial charge in [0.25, 0.3) is 5.91 Å². The molecule has 0 saturated heterocycles. The number of carbonyl (C=O) groups is 1. The summed E-state index contributed by atoms with van der Waals surface area (Å²) < 4.78 is 36.7. The van der Waals surface area contributed by atoms with Crippen LogP contribution in [0.1, 0.15) is 60.5 Å². The average Bonchev–Trinajstić information content (AvgIpc) is 3.39. The molecule has 2 bridgehead atoms. The second-order valence-corrected chi connectivity index (χ2v) is 17.7. The number of ether oxygens (including phenoxy) is 2. The highest BCUT2D eigenvalue weighted by atomic mass is 35.5. The minimum Gasteiger partial charge on any atom is -0.490 e. The molecule has 1 spiro atoms. The van der Waals surface area contributed by atoms with Crippen molar-refractivity contribution in [3.63, 3.8) is 0 Å². The van der Waals surface area contributed by atoms with Crippen LogP contribution in [0.25, 0.3) is 11.0 Å². The van der Waals surface area contributed by atoms with Crippen LogP contribution in [0.5, 0.6) is 5.75 Å². The quantitative estimate of drug-likeness (QED) is 0.169. The van der Waals surface area contributed by atoms with Crippen LogP contribution in [0.2, 0.25) is 10.3 Å². The predicted molar refractivity (Wildman–Crippen MR) is 205 cm³/mol. The number of amides is 1. The Labute approximate surface area is 314 Å². The van der Waals surface area contributed by atoms with Crippen molar-refractivity contribution in [1.29, 1.82) is 0 Å². The van der Waals surface area contributed by atoms with Gasteiger partial charge in [0, 0.05) is 49.4 Å². The fourth-order valence-corrected chi connectivity index (χ4v) is 10.9. The highest BCUT2D eigenvalue weighted by molar-refractivity contribution is 7.95. The van der Waals surface area contributed by atoms with Gasteiger partial charge in [-0.25, -0.2) is 4.21 Å². The molecule has 0 radical (unpaired) electrons. The molecule has 8 rings (SSSR count). The minimum atomic E-state index is -3.43. The molecule has 1 fully saturated rings. The summed E-state index contributed by atoms with van der Waals surface area (Å²) in [4.78, 5) is 25.1. The third kappa shape index (κ3) is 6.79. The molecule has 52 heavy (non-hydrogen) atoms. The van der Waals surface area contributed by atoms with E-state index in [1.54, 1.807) is 31.1 Å². The van der Waals surface area contributed by atoms with E-state index in [0.29, 0.717) is 41.5 Å². The molecule has 2 aromatic heterocycles. The fourth-order valence-electron chi connectivity index (χ4n) is 8.59. The zero-order chi connectivity index (χ0) is 36.2. The van der Waals surface area contributed by atoms with Crippen molar-refractivity contribution in [3.8, 4) is 5.75 Å². The Bertz CT molecular complexity index is 2200. The minimum absolute atomic E-state index is 0.0461. The summed E-state index contributed by atoms with van der Waals surface area (Å²) in [5, 5.41) is 5.55. The summed E-state index contributed by atoms with van der Waals surface area (Å²) in [6.45, 7) is 4.03. The van der Waals surface area contributed by atoms with Crippen LogP contribution in [0.15, 0.2) is 59.1 Å². The molecule has 1 unspecified atom stereocenters. The van der Waals surface area contributed by atoms with Crippen LogP contribution in [0.4, 0.5) is 11.5 Å². The first kappa shape index (κ1) is 35.3. The Kier molecular flexibility index (Phi) is 9.46. The molecule has 2 aromatic carbocycles. The number of allylic oxidation sites excluding steroid dienone is 1. The second kappa shape index (κ2) is 13.9. The van der Waals surface area contributed by atoms with Crippen LogP contribution in [0, 0.1) is 17.8 Å². The number of aryl methyl sites for hydroxylation is 2. The first-order chi connectivity index (χ1) is 25.0. The smallest absolute Gasteiger partial charge is 0.286 e. The Morgan fingerprint density at radius 2 is 2.00 bits per heavy atom. The maximum Gasteiger partial charge on any atom is 0.286 e. The number of aromatic nitrogens is 4. The number of nitrogens with one attached hydrogen (secondary N) is 1. The van der Waals surface area contributed by atoms with Gasteiger partial charge in [0.1, 0.15) is 15.7 Å². The van der Waals surface area contributed by atoms with Crippen molar-refractivity contribution < 1.29 is 18.5 Å². The van der Waals surface area contributed by atoms with Crippen LogP contribution in [0.3, 0.4) is 0 Å². The lowest BCUT2D eigenvalue weighted by Gasteiger charge is -2.46. The Balaban J connectivity index is 1.23. The normalized spacial score (nSPS) is 29.6. The number of carbonyl (C=O) groups excluding carboxylic acids is 1.